The number of hydrogen-bond acceptors (Lipinski definition) is 12. The number of aliphatic imine (C=N–C) groups is 2. The first kappa shape index (κ1) is 65.7. The molecule has 0 radical (unpaired) electrons. The number of fused-ring (bicyclic) bond motifs is 2. The smallest absolute Gasteiger partial charge is 0.337 e. The van der Waals surface area contributed by atoms with E-state index in [0.29, 0.717) is 61.3 Å². The molecule has 23 heteroatoms. The van der Waals surface area contributed by atoms with E-state index >= 15 is 0 Å². The summed E-state index contributed by atoms with van der Waals surface area (Å²) in [5.41, 5.74) is 23.1. The zero-order valence-electron chi connectivity index (χ0n) is 49.8. The van der Waals surface area contributed by atoms with Crippen LogP contribution in [0.15, 0.2) is 229 Å². The molecule has 4 amide bonds. The fourth-order valence-corrected chi connectivity index (χ4v) is 10.0. The standard InChI is InChI=1S/2C34H33N7O2.H2O4S/c2*1-23-29-16-8-9-22-41(29)31(30(23)24-11-4-2-5-12-24)38-26-17-19-27(20-18-26)39-33(43)28(15-10-21-37-34(35)36)40-32(42)25-13-6-3-7-14-25;1-5(2,3)4/h2*2-9,11-14,16-20,22,28H,10,15,21H2,1H3,(H5,35,36,37,40,42);(H2,1,2,3,4)/t2*28-;/m00./s1. The van der Waals surface area contributed by atoms with E-state index in [-0.39, 0.29) is 35.5 Å². The highest BCUT2D eigenvalue weighted by Crippen LogP contribution is 2.33. The van der Waals surface area contributed by atoms with Crippen LogP contribution in [-0.2, 0) is 20.0 Å². The van der Waals surface area contributed by atoms with Crippen LogP contribution in [0.1, 0.15) is 82.8 Å². The van der Waals surface area contributed by atoms with Crippen LogP contribution in [0.5, 0.6) is 0 Å². The van der Waals surface area contributed by atoms with Gasteiger partial charge in [0, 0.05) is 57.1 Å². The molecule has 464 valence electrons. The number of nitrogens with two attached hydrogens (primary N) is 2. The molecule has 0 spiro atoms. The van der Waals surface area contributed by atoms with Gasteiger partial charge in [-0.05, 0) is 158 Å². The lowest BCUT2D eigenvalue weighted by Gasteiger charge is -2.19. The Morgan fingerprint density at radius 2 is 0.802 bits per heavy atom. The topological polar surface area (TPSA) is 353 Å². The molecular weight excluding hydrogens is 1170 g/mol. The summed E-state index contributed by atoms with van der Waals surface area (Å²) in [5, 5.41) is 31.7. The first-order valence-corrected chi connectivity index (χ1v) is 30.2. The third kappa shape index (κ3) is 18.9. The van der Waals surface area contributed by atoms with Gasteiger partial charge < -0.3 is 52.5 Å². The second-order valence-corrected chi connectivity index (χ2v) is 21.6. The number of benzene rings is 6. The lowest BCUT2D eigenvalue weighted by Crippen LogP contribution is -2.44. The number of rotatable bonds is 20. The summed E-state index contributed by atoms with van der Waals surface area (Å²) in [4.78, 5) is 62.3. The molecule has 0 saturated carbocycles. The zero-order valence-corrected chi connectivity index (χ0v) is 50.6. The lowest BCUT2D eigenvalue weighted by atomic mass is 10.0. The van der Waals surface area contributed by atoms with Gasteiger partial charge in [0.05, 0.1) is 23.5 Å². The maximum absolute atomic E-state index is 13.3. The lowest BCUT2D eigenvalue weighted by molar-refractivity contribution is -0.553. The van der Waals surface area contributed by atoms with Crippen molar-refractivity contribution in [2.24, 2.45) is 21.5 Å². The molecule has 2 aliphatic rings. The normalized spacial score (nSPS) is 13.6. The zero-order chi connectivity index (χ0) is 64.9. The SMILES string of the molecule is CC1=C(c2ccccc2)C(=Nc2ccc(NC(=O)[C@H](CCCNC(=N)N)NC(=O)c3ccccc3)cc2)[n+]2ccccc21.CC1=C(c2ccccc2)C(=Nc2ccc(NC(=O)[C@H](CCCNC(=N)N)NC(=O)c3ccccc3)cc2)[n+]2ccccc21.O=S(=O)([O-])[O-]. The Morgan fingerprint density at radius 1 is 0.484 bits per heavy atom. The van der Waals surface area contributed by atoms with Gasteiger partial charge in [-0.3, -0.25) is 38.4 Å². The maximum Gasteiger partial charge on any atom is 0.337 e. The van der Waals surface area contributed by atoms with E-state index in [1.807, 2.05) is 109 Å². The van der Waals surface area contributed by atoms with Crippen LogP contribution >= 0.6 is 0 Å². The summed E-state index contributed by atoms with van der Waals surface area (Å²) in [7, 11) is -5.17. The highest BCUT2D eigenvalue weighted by atomic mass is 32.3. The molecule has 0 aliphatic carbocycles. The van der Waals surface area contributed by atoms with Crippen molar-refractivity contribution in [2.75, 3.05) is 23.7 Å². The van der Waals surface area contributed by atoms with Crippen molar-refractivity contribution >= 4 is 103 Å². The molecule has 2 aromatic heterocycles. The van der Waals surface area contributed by atoms with Gasteiger partial charge in [0.1, 0.15) is 23.5 Å². The monoisotopic (exact) mass is 1240 g/mol. The van der Waals surface area contributed by atoms with Crippen molar-refractivity contribution in [3.05, 3.63) is 252 Å². The van der Waals surface area contributed by atoms with Crippen LogP contribution in [0.3, 0.4) is 0 Å². The number of carbonyl (C=O) groups excluding carboxylic acids is 4. The molecule has 4 heterocycles. The van der Waals surface area contributed by atoms with Gasteiger partial charge in [-0.1, -0.05) is 109 Å². The predicted molar refractivity (Wildman–Crippen MR) is 350 cm³/mol. The van der Waals surface area contributed by atoms with Gasteiger partial charge in [-0.2, -0.15) is 9.13 Å². The molecule has 0 saturated heterocycles. The molecule has 22 nitrogen and oxygen atoms in total. The summed E-state index contributed by atoms with van der Waals surface area (Å²) < 4.78 is 38.3. The van der Waals surface area contributed by atoms with Gasteiger partial charge in [0.25, 0.3) is 11.8 Å². The van der Waals surface area contributed by atoms with Gasteiger partial charge in [-0.15, -0.1) is 0 Å². The molecule has 8 aromatic rings. The molecule has 91 heavy (non-hydrogen) atoms. The Bertz CT molecular complexity index is 3890. The molecule has 0 bridgehead atoms. The molecule has 12 N–H and O–H groups in total. The van der Waals surface area contributed by atoms with Crippen molar-refractivity contribution < 1.29 is 45.8 Å². The van der Waals surface area contributed by atoms with E-state index in [9.17, 15) is 19.2 Å². The van der Waals surface area contributed by atoms with E-state index in [1.165, 1.54) is 0 Å². The molecule has 2 aliphatic heterocycles. The van der Waals surface area contributed by atoms with Crippen molar-refractivity contribution in [2.45, 2.75) is 51.6 Å². The number of carbonyl (C=O) groups is 4. The van der Waals surface area contributed by atoms with Crippen molar-refractivity contribution in [1.29, 1.82) is 10.8 Å². The third-order valence-corrected chi connectivity index (χ3v) is 14.3. The number of guanidine groups is 2. The Labute approximate surface area is 527 Å². The van der Waals surface area contributed by atoms with E-state index in [4.69, 9.17) is 49.8 Å². The van der Waals surface area contributed by atoms with Crippen LogP contribution in [0.25, 0.3) is 22.3 Å². The molecule has 6 aromatic carbocycles. The molecule has 10 rings (SSSR count). The second-order valence-electron chi connectivity index (χ2n) is 20.7. The summed E-state index contributed by atoms with van der Waals surface area (Å²) in [6.07, 6.45) is 5.80. The van der Waals surface area contributed by atoms with Crippen LogP contribution in [0.4, 0.5) is 22.7 Å². The number of allylic oxidation sites excluding steroid dienone is 4. The minimum atomic E-state index is -5.17. The third-order valence-electron chi connectivity index (χ3n) is 14.3. The van der Waals surface area contributed by atoms with Gasteiger partial charge in [0.15, 0.2) is 23.3 Å². The summed E-state index contributed by atoms with van der Waals surface area (Å²) in [5.74, 6) is 0.0420. The molecular formula is C68H68N14O8S. The molecule has 0 fully saturated rings. The highest BCUT2D eigenvalue weighted by molar-refractivity contribution is 7.79. The number of nitrogens with zero attached hydrogens (tertiary/aromatic N) is 4. The maximum atomic E-state index is 13.3. The van der Waals surface area contributed by atoms with E-state index in [2.05, 4.69) is 91.3 Å². The van der Waals surface area contributed by atoms with Crippen LogP contribution in [-0.4, -0.2) is 89.9 Å². The van der Waals surface area contributed by atoms with Crippen LogP contribution < -0.4 is 52.5 Å². The van der Waals surface area contributed by atoms with Crippen molar-refractivity contribution in [3.8, 4) is 0 Å². The summed E-state index contributed by atoms with van der Waals surface area (Å²) >= 11 is 0. The van der Waals surface area contributed by atoms with Gasteiger partial charge in [-0.25, -0.2) is 0 Å². The van der Waals surface area contributed by atoms with E-state index in [1.54, 1.807) is 72.8 Å². The molecule has 0 unspecified atom stereocenters. The fourth-order valence-electron chi connectivity index (χ4n) is 10.0. The number of anilines is 2. The number of nitrogens with one attached hydrogen (secondary N) is 8. The Hall–Kier alpha value is -11.3. The number of aromatic nitrogens is 2. The van der Waals surface area contributed by atoms with Gasteiger partial charge in [0.2, 0.25) is 11.8 Å². The highest BCUT2D eigenvalue weighted by Gasteiger charge is 2.35. The van der Waals surface area contributed by atoms with E-state index < -0.39 is 22.5 Å². The van der Waals surface area contributed by atoms with E-state index in [0.717, 1.165) is 67.9 Å². The first-order chi connectivity index (χ1) is 43.8. The second kappa shape index (κ2) is 31.6. The minimum absolute atomic E-state index is 0.140. The average Bonchev–Trinajstić information content (AvgIpc) is 1.63. The summed E-state index contributed by atoms with van der Waals surface area (Å²) in [6.45, 7) is 5.04. The Balaban J connectivity index is 0.000000218. The predicted octanol–water partition coefficient (Wildman–Crippen LogP) is 7.66. The Kier molecular flexibility index (Phi) is 22.8. The van der Waals surface area contributed by atoms with Crippen LogP contribution in [0, 0.1) is 10.8 Å². The average molecular weight is 1240 g/mol. The minimum Gasteiger partial charge on any atom is -0.759 e. The number of hydrogen-bond donors (Lipinski definition) is 10. The Morgan fingerprint density at radius 3 is 1.13 bits per heavy atom. The summed E-state index contributed by atoms with van der Waals surface area (Å²) in [6, 6.07) is 63.2. The first-order valence-electron chi connectivity index (χ1n) is 28.9. The molecule has 2 atom stereocenters. The van der Waals surface area contributed by atoms with Crippen molar-refractivity contribution in [1.82, 2.24) is 21.3 Å². The van der Waals surface area contributed by atoms with Gasteiger partial charge >= 0.3 is 11.7 Å². The van der Waals surface area contributed by atoms with Crippen molar-refractivity contribution in [3.63, 3.8) is 0 Å². The number of pyridine rings is 2. The largest absolute Gasteiger partial charge is 0.759 e. The quantitative estimate of drug-likeness (QED) is 0.00878. The van der Waals surface area contributed by atoms with Crippen LogP contribution in [0.2, 0.25) is 0 Å². The fraction of sp³-hybridized carbons (Fsp3) is 0.147. The number of amides is 4.